The van der Waals surface area contributed by atoms with E-state index in [4.69, 9.17) is 0 Å². The summed E-state index contributed by atoms with van der Waals surface area (Å²) in [4.78, 5) is 60.4. The first kappa shape index (κ1) is 14.0. The lowest BCUT2D eigenvalue weighted by Gasteiger charge is -2.02. The molecular weight excluding hydrogens is 316 g/mol. The molecule has 0 saturated carbocycles. The molecule has 0 unspecified atom stereocenters. The Labute approximate surface area is 131 Å². The largest absolute Gasteiger partial charge is 0.386 e. The zero-order valence-corrected chi connectivity index (χ0v) is 11.8. The number of carbonyl (C=O) groups excluding carboxylic acids is 1. The summed E-state index contributed by atoms with van der Waals surface area (Å²) in [6.07, 6.45) is 0. The number of fused-ring (bicyclic) bond motifs is 2. The Bertz CT molecular complexity index is 1250. The average Bonchev–Trinajstić information content (AvgIpc) is 3.03. The zero-order valence-electron chi connectivity index (χ0n) is 11.8. The van der Waals surface area contributed by atoms with Crippen molar-refractivity contribution < 1.29 is 13.6 Å². The molecule has 0 aliphatic heterocycles. The molecule has 2 heterocycles. The molecule has 0 aliphatic carbocycles. The summed E-state index contributed by atoms with van der Waals surface area (Å²) in [7, 11) is 0. The molecule has 0 spiro atoms. The Morgan fingerprint density at radius 3 is 1.71 bits per heavy atom. The summed E-state index contributed by atoms with van der Waals surface area (Å²) in [5.41, 5.74) is -4.19. The summed E-state index contributed by atoms with van der Waals surface area (Å²) in [6, 6.07) is 8.91. The van der Waals surface area contributed by atoms with Crippen LogP contribution in [0.25, 0.3) is 21.5 Å². The van der Waals surface area contributed by atoms with Crippen LogP contribution in [-0.4, -0.2) is 5.78 Å². The van der Waals surface area contributed by atoms with E-state index in [0.29, 0.717) is 0 Å². The van der Waals surface area contributed by atoms with Crippen molar-refractivity contribution in [1.29, 1.82) is 0 Å². The van der Waals surface area contributed by atoms with Gasteiger partial charge in [-0.15, -0.1) is 0 Å². The molecule has 0 bridgehead atoms. The molecule has 0 N–H and O–H groups in total. The number of carbonyl (C=O) groups is 1. The minimum Gasteiger partial charge on any atom is -0.386 e. The van der Waals surface area contributed by atoms with E-state index in [1.54, 1.807) is 18.2 Å². The first-order valence-electron chi connectivity index (χ1n) is 6.83. The summed E-state index contributed by atoms with van der Waals surface area (Å²) < 4.78 is 9.03. The van der Waals surface area contributed by atoms with Crippen molar-refractivity contribution in [2.45, 2.75) is 0 Å². The minimum absolute atomic E-state index is 0.187. The Morgan fingerprint density at radius 2 is 1.21 bits per heavy atom. The quantitative estimate of drug-likeness (QED) is 0.500. The third-order valence-electron chi connectivity index (χ3n) is 3.81. The Morgan fingerprint density at radius 1 is 0.708 bits per heavy atom. The normalized spacial score (nSPS) is 11.3. The predicted octanol–water partition coefficient (Wildman–Crippen LogP) is 0.726. The maximum Gasteiger partial charge on any atom is 0.347 e. The van der Waals surface area contributed by atoms with E-state index >= 15 is 0 Å². The van der Waals surface area contributed by atoms with E-state index in [0.717, 1.165) is 6.07 Å². The van der Waals surface area contributed by atoms with Gasteiger partial charge >= 0.3 is 22.5 Å². The van der Waals surface area contributed by atoms with Crippen LogP contribution in [0.15, 0.2) is 64.4 Å². The maximum atomic E-state index is 12.8. The van der Waals surface area contributed by atoms with Crippen LogP contribution in [0.4, 0.5) is 0 Å². The average molecular weight is 322 g/mol. The van der Waals surface area contributed by atoms with Gasteiger partial charge in [-0.3, -0.25) is 4.79 Å². The molecule has 0 fully saturated rings. The topological polar surface area (TPSA) is 112 Å². The van der Waals surface area contributed by atoms with Crippen LogP contribution < -0.4 is 22.5 Å². The highest BCUT2D eigenvalue weighted by Crippen LogP contribution is 2.24. The SMILES string of the molecule is O=C(c1ccccc1)c1c2c(=O)oc(=O)c2cc2c(=O)oc(=O)c12. The van der Waals surface area contributed by atoms with Gasteiger partial charge in [0.15, 0.2) is 5.78 Å². The number of hydrogen-bond donors (Lipinski definition) is 0. The summed E-state index contributed by atoms with van der Waals surface area (Å²) in [6.45, 7) is 0. The van der Waals surface area contributed by atoms with E-state index in [9.17, 15) is 24.0 Å². The third kappa shape index (κ3) is 1.75. The second kappa shape index (κ2) is 4.69. The summed E-state index contributed by atoms with van der Waals surface area (Å²) in [5, 5.41) is -1.10. The van der Waals surface area contributed by atoms with Crippen LogP contribution in [0.3, 0.4) is 0 Å². The zero-order chi connectivity index (χ0) is 17.0. The maximum absolute atomic E-state index is 12.8. The van der Waals surface area contributed by atoms with Crippen molar-refractivity contribution in [2.75, 3.05) is 0 Å². The molecule has 0 atom stereocenters. The number of ketones is 1. The van der Waals surface area contributed by atoms with Crippen LogP contribution in [0.1, 0.15) is 15.9 Å². The fourth-order valence-electron chi connectivity index (χ4n) is 2.77. The second-order valence-corrected chi connectivity index (χ2v) is 5.15. The van der Waals surface area contributed by atoms with E-state index in [2.05, 4.69) is 8.83 Å². The van der Waals surface area contributed by atoms with Gasteiger partial charge in [-0.2, -0.15) is 0 Å². The number of hydrogen-bond acceptors (Lipinski definition) is 7. The Balaban J connectivity index is 2.29. The van der Waals surface area contributed by atoms with Gasteiger partial charge in [0.05, 0.1) is 27.1 Å². The molecular formula is C17H6O7. The third-order valence-corrected chi connectivity index (χ3v) is 3.81. The fourth-order valence-corrected chi connectivity index (χ4v) is 2.77. The molecule has 0 amide bonds. The van der Waals surface area contributed by atoms with Crippen LogP contribution in [0.5, 0.6) is 0 Å². The van der Waals surface area contributed by atoms with Gasteiger partial charge in [-0.1, -0.05) is 30.3 Å². The molecule has 116 valence electrons. The smallest absolute Gasteiger partial charge is 0.347 e. The van der Waals surface area contributed by atoms with Crippen molar-refractivity contribution in [1.82, 2.24) is 0 Å². The van der Waals surface area contributed by atoms with E-state index < -0.39 is 28.3 Å². The van der Waals surface area contributed by atoms with Gasteiger partial charge in [-0.25, -0.2) is 19.2 Å². The van der Waals surface area contributed by atoms with E-state index in [1.807, 2.05) is 0 Å². The van der Waals surface area contributed by atoms with Gasteiger partial charge in [0.2, 0.25) is 0 Å². The molecule has 0 saturated heterocycles. The molecule has 2 aromatic heterocycles. The highest BCUT2D eigenvalue weighted by atomic mass is 16.4. The Hall–Kier alpha value is -3.61. The van der Waals surface area contributed by atoms with Crippen molar-refractivity contribution in [2.24, 2.45) is 0 Å². The molecule has 4 rings (SSSR count). The first-order chi connectivity index (χ1) is 11.5. The standard InChI is InChI=1S/C17H6O7/c18-13(7-4-2-1-3-5-7)12-10-8(14(19)23-16(10)21)6-9-11(12)17(22)24-15(9)20/h1-6H. The van der Waals surface area contributed by atoms with Crippen molar-refractivity contribution in [3.05, 3.63) is 89.2 Å². The van der Waals surface area contributed by atoms with E-state index in [-0.39, 0.29) is 32.7 Å². The lowest BCUT2D eigenvalue weighted by Crippen LogP contribution is -2.10. The van der Waals surface area contributed by atoms with Gasteiger partial charge in [0, 0.05) is 5.56 Å². The number of benzene rings is 2. The van der Waals surface area contributed by atoms with E-state index in [1.165, 1.54) is 12.1 Å². The first-order valence-corrected chi connectivity index (χ1v) is 6.83. The molecule has 4 aromatic rings. The fraction of sp³-hybridized carbons (Fsp3) is 0. The van der Waals surface area contributed by atoms with Gasteiger partial charge in [0.1, 0.15) is 0 Å². The lowest BCUT2D eigenvalue weighted by molar-refractivity contribution is 0.104. The van der Waals surface area contributed by atoms with Crippen LogP contribution in [-0.2, 0) is 0 Å². The predicted molar refractivity (Wildman–Crippen MR) is 83.3 cm³/mol. The molecule has 0 radical (unpaired) electrons. The van der Waals surface area contributed by atoms with Gasteiger partial charge in [-0.05, 0) is 6.07 Å². The Kier molecular flexibility index (Phi) is 2.74. The van der Waals surface area contributed by atoms with Crippen molar-refractivity contribution >= 4 is 27.3 Å². The van der Waals surface area contributed by atoms with Crippen molar-refractivity contribution in [3.8, 4) is 0 Å². The van der Waals surface area contributed by atoms with Crippen LogP contribution in [0, 0.1) is 0 Å². The molecule has 24 heavy (non-hydrogen) atoms. The molecule has 2 aromatic carbocycles. The van der Waals surface area contributed by atoms with Gasteiger partial charge < -0.3 is 8.83 Å². The van der Waals surface area contributed by atoms with Crippen molar-refractivity contribution in [3.63, 3.8) is 0 Å². The molecule has 0 aliphatic rings. The highest BCUT2D eigenvalue weighted by molar-refractivity contribution is 6.24. The molecule has 7 heteroatoms. The number of rotatable bonds is 2. The van der Waals surface area contributed by atoms with Crippen LogP contribution in [0.2, 0.25) is 0 Å². The molecule has 7 nitrogen and oxygen atoms in total. The summed E-state index contributed by atoms with van der Waals surface area (Å²) >= 11 is 0. The minimum atomic E-state index is -1.04. The summed E-state index contributed by atoms with van der Waals surface area (Å²) in [5.74, 6) is -0.679. The second-order valence-electron chi connectivity index (χ2n) is 5.15. The van der Waals surface area contributed by atoms with Gasteiger partial charge in [0.25, 0.3) is 0 Å². The monoisotopic (exact) mass is 322 g/mol. The highest BCUT2D eigenvalue weighted by Gasteiger charge is 2.27. The number of furan rings is 2. The van der Waals surface area contributed by atoms with Crippen LogP contribution >= 0.6 is 0 Å². The lowest BCUT2D eigenvalue weighted by atomic mass is 9.95.